The average molecular weight is 731 g/mol. The van der Waals surface area contributed by atoms with E-state index in [1.165, 1.54) is 102 Å². The third kappa shape index (κ3) is 5.99. The maximum absolute atomic E-state index is 11.8. The van der Waals surface area contributed by atoms with Crippen molar-refractivity contribution in [3.63, 3.8) is 0 Å². The molecule has 2 fully saturated rings. The van der Waals surface area contributed by atoms with Crippen LogP contribution in [0, 0.1) is 26.2 Å². The predicted molar refractivity (Wildman–Crippen MR) is 222 cm³/mol. The minimum atomic E-state index is -0.685. The summed E-state index contributed by atoms with van der Waals surface area (Å²) in [5.41, 5.74) is 13.8. The molecule has 0 saturated heterocycles. The number of esters is 1. The fraction of sp³-hybridized carbons (Fsp3) is 0.392. The Bertz CT molecular complexity index is 2300. The summed E-state index contributed by atoms with van der Waals surface area (Å²) in [5.74, 6) is 1.39. The molecule has 1 aliphatic heterocycles. The van der Waals surface area contributed by atoms with Crippen molar-refractivity contribution in [2.75, 3.05) is 13.2 Å². The van der Waals surface area contributed by atoms with Gasteiger partial charge < -0.3 is 14.2 Å². The maximum Gasteiger partial charge on any atom is 0.333 e. The molecule has 4 heteroatoms. The second-order valence-electron chi connectivity index (χ2n) is 17.4. The van der Waals surface area contributed by atoms with E-state index in [1.807, 2.05) is 12.1 Å². The van der Waals surface area contributed by atoms with Gasteiger partial charge in [-0.15, -0.1) is 0 Å². The monoisotopic (exact) mass is 730 g/mol. The van der Waals surface area contributed by atoms with Crippen molar-refractivity contribution in [2.24, 2.45) is 5.41 Å². The quantitative estimate of drug-likeness (QED) is 0.0950. The first kappa shape index (κ1) is 35.8. The van der Waals surface area contributed by atoms with Crippen LogP contribution in [-0.4, -0.2) is 19.2 Å². The molecule has 5 aromatic rings. The Balaban J connectivity index is 1.17. The zero-order valence-electron chi connectivity index (χ0n) is 33.1. The summed E-state index contributed by atoms with van der Waals surface area (Å²) in [5, 5.41) is 2.53. The molecule has 1 atom stereocenters. The Hall–Kier alpha value is -4.83. The van der Waals surface area contributed by atoms with Gasteiger partial charge in [-0.05, 0) is 141 Å². The van der Waals surface area contributed by atoms with Gasteiger partial charge in [-0.25, -0.2) is 4.79 Å². The van der Waals surface area contributed by atoms with Gasteiger partial charge in [0, 0.05) is 21.9 Å². The molecule has 2 saturated carbocycles. The second kappa shape index (κ2) is 13.7. The summed E-state index contributed by atoms with van der Waals surface area (Å²) in [4.78, 5) is 11.8. The van der Waals surface area contributed by atoms with Crippen LogP contribution >= 0.6 is 0 Å². The van der Waals surface area contributed by atoms with Gasteiger partial charge in [-0.1, -0.05) is 109 Å². The lowest BCUT2D eigenvalue weighted by molar-refractivity contribution is -0.139. The van der Waals surface area contributed by atoms with Crippen molar-refractivity contribution < 1.29 is 19.0 Å². The van der Waals surface area contributed by atoms with Gasteiger partial charge in [-0.3, -0.25) is 0 Å². The van der Waals surface area contributed by atoms with Crippen molar-refractivity contribution in [1.82, 2.24) is 0 Å². The molecule has 1 unspecified atom stereocenters. The average Bonchev–Trinajstić information content (AvgIpc) is 3.47. The highest BCUT2D eigenvalue weighted by molar-refractivity contribution is 6.07. The lowest BCUT2D eigenvalue weighted by atomic mass is 9.56. The van der Waals surface area contributed by atoms with Gasteiger partial charge >= 0.3 is 5.97 Å². The summed E-state index contributed by atoms with van der Waals surface area (Å²) in [6.45, 7) is 12.4. The molecular weight excluding hydrogens is 677 g/mol. The largest absolute Gasteiger partial charge is 0.490 e. The Morgan fingerprint density at radius 2 is 1.36 bits per heavy atom. The molecule has 0 bridgehead atoms. The van der Waals surface area contributed by atoms with Gasteiger partial charge in [0.15, 0.2) is 5.60 Å². The van der Waals surface area contributed by atoms with Crippen LogP contribution in [0.5, 0.6) is 11.5 Å². The van der Waals surface area contributed by atoms with E-state index < -0.39 is 11.6 Å². The first-order valence-corrected chi connectivity index (χ1v) is 20.6. The molecule has 5 aromatic carbocycles. The number of aryl methyl sites for hydroxylation is 3. The highest BCUT2D eigenvalue weighted by atomic mass is 16.6. The fourth-order valence-electron chi connectivity index (χ4n) is 10.9. The molecule has 9 rings (SSSR count). The van der Waals surface area contributed by atoms with Crippen molar-refractivity contribution in [1.29, 1.82) is 0 Å². The minimum Gasteiger partial charge on any atom is -0.490 e. The van der Waals surface area contributed by atoms with Crippen molar-refractivity contribution in [3.8, 4) is 22.6 Å². The number of carbonyl (C=O) groups is 1. The molecule has 0 amide bonds. The molecule has 282 valence electrons. The van der Waals surface area contributed by atoms with E-state index in [9.17, 15) is 4.79 Å². The highest BCUT2D eigenvalue weighted by Gasteiger charge is 2.53. The molecule has 2 spiro atoms. The fourth-order valence-corrected chi connectivity index (χ4v) is 10.9. The number of ether oxygens (including phenoxy) is 3. The number of hydrogen-bond acceptors (Lipinski definition) is 4. The first-order valence-electron chi connectivity index (χ1n) is 20.6. The van der Waals surface area contributed by atoms with Crippen LogP contribution < -0.4 is 9.47 Å². The summed E-state index contributed by atoms with van der Waals surface area (Å²) in [6.07, 6.45) is 13.8. The number of carbonyl (C=O) groups excluding carboxylic acids is 1. The summed E-state index contributed by atoms with van der Waals surface area (Å²) in [6, 6.07) is 31.6. The normalized spacial score (nSPS) is 20.4. The number of hydrogen-bond donors (Lipinski definition) is 0. The van der Waals surface area contributed by atoms with Crippen LogP contribution in [0.3, 0.4) is 0 Å². The Kier molecular flexibility index (Phi) is 8.95. The lowest BCUT2D eigenvalue weighted by Crippen LogP contribution is -2.41. The van der Waals surface area contributed by atoms with E-state index in [0.29, 0.717) is 11.0 Å². The van der Waals surface area contributed by atoms with Crippen molar-refractivity contribution in [3.05, 3.63) is 142 Å². The maximum atomic E-state index is 11.8. The van der Waals surface area contributed by atoms with Gasteiger partial charge in [0.25, 0.3) is 0 Å². The summed E-state index contributed by atoms with van der Waals surface area (Å²) >= 11 is 0. The highest BCUT2D eigenvalue weighted by Crippen LogP contribution is 2.65. The Morgan fingerprint density at radius 3 is 2.07 bits per heavy atom. The third-order valence-corrected chi connectivity index (χ3v) is 13.8. The van der Waals surface area contributed by atoms with E-state index in [4.69, 9.17) is 14.2 Å². The molecule has 0 radical (unpaired) electrons. The van der Waals surface area contributed by atoms with Crippen molar-refractivity contribution in [2.45, 2.75) is 109 Å². The molecule has 4 nitrogen and oxygen atoms in total. The van der Waals surface area contributed by atoms with Crippen molar-refractivity contribution >= 4 is 16.7 Å². The zero-order chi connectivity index (χ0) is 38.0. The van der Waals surface area contributed by atoms with Gasteiger partial charge in [-0.2, -0.15) is 0 Å². The first-order chi connectivity index (χ1) is 26.6. The molecule has 0 aromatic heterocycles. The van der Waals surface area contributed by atoms with Crippen LogP contribution in [0.4, 0.5) is 0 Å². The van der Waals surface area contributed by atoms with E-state index >= 15 is 0 Å². The van der Waals surface area contributed by atoms with Gasteiger partial charge in [0.05, 0.1) is 0 Å². The van der Waals surface area contributed by atoms with Crippen LogP contribution in [0.15, 0.2) is 97.1 Å². The number of benzene rings is 5. The molecular formula is C51H54O4. The molecule has 1 heterocycles. The topological polar surface area (TPSA) is 44.8 Å². The van der Waals surface area contributed by atoms with E-state index in [2.05, 4.69) is 100 Å². The van der Waals surface area contributed by atoms with Crippen LogP contribution in [0.25, 0.3) is 21.9 Å². The lowest BCUT2D eigenvalue weighted by Gasteiger charge is -2.49. The van der Waals surface area contributed by atoms with Crippen LogP contribution in [0.2, 0.25) is 0 Å². The van der Waals surface area contributed by atoms with Gasteiger partial charge in [0.1, 0.15) is 24.7 Å². The molecule has 0 N–H and O–H groups in total. The minimum absolute atomic E-state index is 0.00739. The number of rotatable bonds is 7. The predicted octanol–water partition coefficient (Wildman–Crippen LogP) is 12.3. The van der Waals surface area contributed by atoms with Crippen LogP contribution in [-0.2, 0) is 27.0 Å². The summed E-state index contributed by atoms with van der Waals surface area (Å²) < 4.78 is 19.0. The van der Waals surface area contributed by atoms with Crippen LogP contribution in [0.1, 0.15) is 116 Å². The second-order valence-corrected chi connectivity index (χ2v) is 17.4. The smallest absolute Gasteiger partial charge is 0.333 e. The van der Waals surface area contributed by atoms with E-state index in [0.717, 1.165) is 35.5 Å². The molecule has 3 aliphatic carbocycles. The third-order valence-electron chi connectivity index (χ3n) is 13.8. The Labute approximate surface area is 326 Å². The van der Waals surface area contributed by atoms with E-state index in [1.54, 1.807) is 18.1 Å². The molecule has 55 heavy (non-hydrogen) atoms. The SMILES string of the molecule is C=C(C)C(=O)OCCOc1ccc(C2(c3ccc(C)cc3)CCc3c4c(c5ccc(C)cc5c3O2)-c2ccc(C)cc2C42CCC3(CCCCC3)CC2)cc1. The Morgan fingerprint density at radius 1 is 0.709 bits per heavy atom. The number of fused-ring (bicyclic) bond motifs is 10. The molecule has 4 aliphatic rings. The summed E-state index contributed by atoms with van der Waals surface area (Å²) in [7, 11) is 0. The van der Waals surface area contributed by atoms with Gasteiger partial charge in [0.2, 0.25) is 0 Å². The zero-order valence-corrected chi connectivity index (χ0v) is 33.1. The standard InChI is InChI=1S/C51H54O4/c1-33(2)48(52)54-30-29-53-39-17-15-38(16-18-39)51(37-13-9-34(3)10-14-37)24-21-42-46-45(40-19-11-35(4)31-43(40)47(42)55-51)41-20-12-36(5)32-44(41)50(46)27-25-49(26-28-50)22-7-6-8-23-49/h9-20,31-32H,1,6-8,21-30H2,2-5H3. The van der Waals surface area contributed by atoms with E-state index in [-0.39, 0.29) is 18.6 Å².